The van der Waals surface area contributed by atoms with E-state index in [9.17, 15) is 14.4 Å². The molecule has 1 N–H and O–H groups in total. The molecule has 0 aromatic carbocycles. The molecule has 6 nitrogen and oxygen atoms in total. The molecule has 0 fully saturated rings. The molecule has 8 heteroatoms. The predicted molar refractivity (Wildman–Crippen MR) is 110 cm³/mol. The number of ether oxygens (including phenoxy) is 2. The molecule has 27 heavy (non-hydrogen) atoms. The molecule has 0 radical (unpaired) electrons. The van der Waals surface area contributed by atoms with Gasteiger partial charge in [0.05, 0.1) is 6.61 Å². The molecule has 1 atom stereocenters. The highest BCUT2D eigenvalue weighted by molar-refractivity contribution is 8.14. The highest BCUT2D eigenvalue weighted by atomic mass is 32.2. The van der Waals surface area contributed by atoms with Crippen LogP contribution in [0.2, 0.25) is 0 Å². The molecular formula is C19H29NO5S2. The normalized spacial score (nSPS) is 12.4. The highest BCUT2D eigenvalue weighted by Crippen LogP contribution is 2.26. The Balaban J connectivity index is 2.66. The van der Waals surface area contributed by atoms with E-state index in [1.165, 1.54) is 30.0 Å². The number of thiophene rings is 1. The van der Waals surface area contributed by atoms with Gasteiger partial charge in [0.15, 0.2) is 5.12 Å². The van der Waals surface area contributed by atoms with Crippen LogP contribution in [-0.4, -0.2) is 41.2 Å². The fraction of sp³-hybridized carbons (Fsp3) is 0.632. The minimum atomic E-state index is -0.565. The molecule has 152 valence electrons. The number of thioether (sulfide) groups is 1. The Hall–Kier alpha value is -1.54. The van der Waals surface area contributed by atoms with Gasteiger partial charge in [0, 0.05) is 23.6 Å². The zero-order valence-electron chi connectivity index (χ0n) is 16.8. The van der Waals surface area contributed by atoms with Crippen LogP contribution >= 0.6 is 23.1 Å². The van der Waals surface area contributed by atoms with Gasteiger partial charge in [-0.15, -0.1) is 11.3 Å². The van der Waals surface area contributed by atoms with E-state index in [2.05, 4.69) is 5.32 Å². The molecule has 0 spiro atoms. The lowest BCUT2D eigenvalue weighted by Crippen LogP contribution is -2.36. The minimum Gasteiger partial charge on any atom is -0.462 e. The zero-order chi connectivity index (χ0) is 20.6. The molecule has 0 saturated heterocycles. The second kappa shape index (κ2) is 10.7. The lowest BCUT2D eigenvalue weighted by atomic mass is 10.1. The van der Waals surface area contributed by atoms with Crippen molar-refractivity contribution in [1.82, 2.24) is 5.32 Å². The van der Waals surface area contributed by atoms with Gasteiger partial charge < -0.3 is 14.8 Å². The molecule has 0 bridgehead atoms. The molecular weight excluding hydrogens is 386 g/mol. The fourth-order valence-corrected chi connectivity index (χ4v) is 4.27. The molecule has 1 aromatic heterocycles. The lowest BCUT2D eigenvalue weighted by Gasteiger charge is -2.21. The van der Waals surface area contributed by atoms with Gasteiger partial charge in [-0.2, -0.15) is 0 Å². The molecule has 1 amide bonds. The first-order valence-electron chi connectivity index (χ1n) is 8.92. The van der Waals surface area contributed by atoms with Gasteiger partial charge in [-0.05, 0) is 59.1 Å². The van der Waals surface area contributed by atoms with E-state index in [4.69, 9.17) is 9.47 Å². The molecule has 0 aliphatic rings. The number of aryl methyl sites for hydroxylation is 2. The first-order chi connectivity index (χ1) is 12.5. The summed E-state index contributed by atoms with van der Waals surface area (Å²) in [5.41, 5.74) is 0.472. The van der Waals surface area contributed by atoms with Crippen molar-refractivity contribution in [2.24, 2.45) is 0 Å². The maximum absolute atomic E-state index is 11.9. The van der Waals surface area contributed by atoms with Crippen LogP contribution in [0.25, 0.3) is 0 Å². The third-order valence-electron chi connectivity index (χ3n) is 3.40. The highest BCUT2D eigenvalue weighted by Gasteiger charge is 2.20. The summed E-state index contributed by atoms with van der Waals surface area (Å²) < 4.78 is 10.3. The van der Waals surface area contributed by atoms with E-state index in [-0.39, 0.29) is 16.3 Å². The van der Waals surface area contributed by atoms with Crippen molar-refractivity contribution in [3.8, 4) is 0 Å². The van der Waals surface area contributed by atoms with E-state index in [1.54, 1.807) is 27.7 Å². The third kappa shape index (κ3) is 9.28. The summed E-state index contributed by atoms with van der Waals surface area (Å²) in [4.78, 5) is 36.9. The number of nitrogens with one attached hydrogen (secondary N) is 1. The smallest absolute Gasteiger partial charge is 0.407 e. The summed E-state index contributed by atoms with van der Waals surface area (Å²) in [6, 6.07) is 1.84. The molecule has 0 saturated carbocycles. The van der Waals surface area contributed by atoms with E-state index < -0.39 is 11.7 Å². The molecule has 1 aromatic rings. The van der Waals surface area contributed by atoms with Gasteiger partial charge in [0.1, 0.15) is 10.5 Å². The Bertz CT molecular complexity index is 664. The van der Waals surface area contributed by atoms with E-state index >= 15 is 0 Å². The maximum Gasteiger partial charge on any atom is 0.407 e. The summed E-state index contributed by atoms with van der Waals surface area (Å²) >= 11 is 2.63. The largest absolute Gasteiger partial charge is 0.462 e. The summed E-state index contributed by atoms with van der Waals surface area (Å²) in [7, 11) is 0. The van der Waals surface area contributed by atoms with Crippen LogP contribution < -0.4 is 5.32 Å². The van der Waals surface area contributed by atoms with Crippen LogP contribution in [0.3, 0.4) is 0 Å². The Kier molecular flexibility index (Phi) is 9.32. The molecule has 1 rings (SSSR count). The fourth-order valence-electron chi connectivity index (χ4n) is 2.31. The zero-order valence-corrected chi connectivity index (χ0v) is 18.5. The molecule has 1 heterocycles. The van der Waals surface area contributed by atoms with Gasteiger partial charge in [0.2, 0.25) is 0 Å². The maximum atomic E-state index is 11.9. The van der Waals surface area contributed by atoms with Crippen molar-refractivity contribution >= 4 is 40.3 Å². The van der Waals surface area contributed by atoms with Crippen molar-refractivity contribution in [1.29, 1.82) is 0 Å². The number of hydrogen-bond donors (Lipinski definition) is 1. The minimum absolute atomic E-state index is 0.00102. The number of esters is 1. The van der Waals surface area contributed by atoms with E-state index in [0.717, 1.165) is 16.9 Å². The van der Waals surface area contributed by atoms with E-state index in [1.807, 2.05) is 13.0 Å². The lowest BCUT2D eigenvalue weighted by molar-refractivity contribution is -0.109. The molecule has 1 unspecified atom stereocenters. The SMILES string of the molecule is CCOC(=O)c1cc(C)c(CCC(CNC(=O)OC(C)(C)C)SC(C)=O)s1. The molecule has 0 aliphatic heterocycles. The van der Waals surface area contributed by atoms with Crippen molar-refractivity contribution in [3.05, 3.63) is 21.4 Å². The summed E-state index contributed by atoms with van der Waals surface area (Å²) in [5, 5.41) is 2.66. The van der Waals surface area contributed by atoms with Crippen LogP contribution in [0.1, 0.15) is 61.2 Å². The van der Waals surface area contributed by atoms with Crippen molar-refractivity contribution in [2.75, 3.05) is 13.2 Å². The number of alkyl carbamates (subject to hydrolysis) is 1. The van der Waals surface area contributed by atoms with Crippen molar-refractivity contribution < 1.29 is 23.9 Å². The standard InChI is InChI=1S/C19H29NO5S2/c1-7-24-17(22)16-10-12(2)15(27-16)9-8-14(26-13(3)21)11-20-18(23)25-19(4,5)6/h10,14H,7-9,11H2,1-6H3,(H,20,23). The van der Waals surface area contributed by atoms with Crippen LogP contribution in [0.5, 0.6) is 0 Å². The number of hydrogen-bond acceptors (Lipinski definition) is 7. The Morgan fingerprint density at radius 1 is 1.30 bits per heavy atom. The Labute approximate surface area is 169 Å². The van der Waals surface area contributed by atoms with Gasteiger partial charge in [0.25, 0.3) is 0 Å². The van der Waals surface area contributed by atoms with Gasteiger partial charge in [-0.25, -0.2) is 9.59 Å². The number of amides is 1. The second-order valence-corrected chi connectivity index (χ2v) is 9.70. The van der Waals surface area contributed by atoms with E-state index in [0.29, 0.717) is 24.4 Å². The van der Waals surface area contributed by atoms with Crippen LogP contribution in [-0.2, 0) is 20.7 Å². The average molecular weight is 416 g/mol. The Morgan fingerprint density at radius 2 is 1.96 bits per heavy atom. The topological polar surface area (TPSA) is 81.7 Å². The molecule has 0 aliphatic carbocycles. The quantitative estimate of drug-likeness (QED) is 0.636. The average Bonchev–Trinajstić information content (AvgIpc) is 2.89. The summed E-state index contributed by atoms with van der Waals surface area (Å²) in [6.07, 6.45) is 0.925. The number of carbonyl (C=O) groups excluding carboxylic acids is 3. The predicted octanol–water partition coefficient (Wildman–Crippen LogP) is 4.34. The number of carbonyl (C=O) groups is 3. The van der Waals surface area contributed by atoms with Gasteiger partial charge >= 0.3 is 12.1 Å². The van der Waals surface area contributed by atoms with Crippen LogP contribution in [0.15, 0.2) is 6.07 Å². The van der Waals surface area contributed by atoms with Crippen molar-refractivity contribution in [2.45, 2.75) is 65.2 Å². The monoisotopic (exact) mass is 415 g/mol. The summed E-state index contributed by atoms with van der Waals surface area (Å²) in [6.45, 7) is 11.3. The van der Waals surface area contributed by atoms with Gasteiger partial charge in [-0.3, -0.25) is 4.79 Å². The van der Waals surface area contributed by atoms with Crippen molar-refractivity contribution in [3.63, 3.8) is 0 Å². The third-order valence-corrected chi connectivity index (χ3v) is 5.74. The number of rotatable bonds is 8. The van der Waals surface area contributed by atoms with Crippen LogP contribution in [0, 0.1) is 6.92 Å². The first-order valence-corrected chi connectivity index (χ1v) is 10.6. The summed E-state index contributed by atoms with van der Waals surface area (Å²) in [5.74, 6) is -0.307. The first kappa shape index (κ1) is 23.5. The Morgan fingerprint density at radius 3 is 2.52 bits per heavy atom. The van der Waals surface area contributed by atoms with Crippen LogP contribution in [0.4, 0.5) is 4.79 Å². The second-order valence-electron chi connectivity index (χ2n) is 7.09. The van der Waals surface area contributed by atoms with Gasteiger partial charge in [-0.1, -0.05) is 11.8 Å².